The van der Waals surface area contributed by atoms with Crippen molar-refractivity contribution >= 4 is 11.9 Å². The minimum Gasteiger partial charge on any atom is -0.466 e. The van der Waals surface area contributed by atoms with Gasteiger partial charge < -0.3 is 19.7 Å². The minimum atomic E-state index is -0.421. The number of carbonyl (C=O) groups is 2. The average Bonchev–Trinajstić information content (AvgIpc) is 2.54. The van der Waals surface area contributed by atoms with Crippen molar-refractivity contribution in [2.75, 3.05) is 13.2 Å². The van der Waals surface area contributed by atoms with E-state index in [1.54, 1.807) is 0 Å². The summed E-state index contributed by atoms with van der Waals surface area (Å²) in [5, 5.41) is 19.1. The normalized spacial score (nSPS) is 13.3. The molecule has 0 heterocycles. The fourth-order valence-corrected chi connectivity index (χ4v) is 2.31. The van der Waals surface area contributed by atoms with Gasteiger partial charge in [-0.1, -0.05) is 26.7 Å². The molecule has 6 heteroatoms. The first-order chi connectivity index (χ1) is 11.5. The third-order valence-corrected chi connectivity index (χ3v) is 3.67. The van der Waals surface area contributed by atoms with E-state index in [0.29, 0.717) is 25.7 Å². The van der Waals surface area contributed by atoms with Gasteiger partial charge in [0, 0.05) is 0 Å². The average molecular weight is 346 g/mol. The van der Waals surface area contributed by atoms with Gasteiger partial charge in [0.05, 0.1) is 38.3 Å². The lowest BCUT2D eigenvalue weighted by atomic mass is 10.1. The molecule has 0 aromatic rings. The number of hydrogen-bond donors (Lipinski definition) is 2. The van der Waals surface area contributed by atoms with Crippen molar-refractivity contribution < 1.29 is 29.3 Å². The van der Waals surface area contributed by atoms with E-state index < -0.39 is 11.9 Å². The molecule has 0 rings (SSSR count). The molecule has 0 aliphatic rings. The second kappa shape index (κ2) is 15.4. The first-order valence-electron chi connectivity index (χ1n) is 9.16. The number of rotatable bonds is 15. The van der Waals surface area contributed by atoms with Crippen LogP contribution in [0.5, 0.6) is 0 Å². The zero-order chi connectivity index (χ0) is 18.2. The van der Waals surface area contributed by atoms with E-state index in [2.05, 4.69) is 0 Å². The molecule has 0 amide bonds. The van der Waals surface area contributed by atoms with Gasteiger partial charge in [0.25, 0.3) is 0 Å². The molecule has 0 aromatic heterocycles. The summed E-state index contributed by atoms with van der Waals surface area (Å²) in [5.74, 6) is -0.842. The molecule has 0 aliphatic carbocycles. The lowest BCUT2D eigenvalue weighted by Gasteiger charge is -2.10. The van der Waals surface area contributed by atoms with Crippen LogP contribution in [0.15, 0.2) is 0 Å². The zero-order valence-electron chi connectivity index (χ0n) is 15.2. The van der Waals surface area contributed by atoms with E-state index in [0.717, 1.165) is 25.7 Å². The van der Waals surface area contributed by atoms with Crippen LogP contribution in [0, 0.1) is 0 Å². The first-order valence-corrected chi connectivity index (χ1v) is 9.16. The Balaban J connectivity index is 3.53. The summed E-state index contributed by atoms with van der Waals surface area (Å²) < 4.78 is 10.0. The van der Waals surface area contributed by atoms with Gasteiger partial charge in [0.2, 0.25) is 0 Å². The van der Waals surface area contributed by atoms with Gasteiger partial charge >= 0.3 is 11.9 Å². The molecule has 0 saturated heterocycles. The Bertz CT molecular complexity index is 299. The van der Waals surface area contributed by atoms with Crippen LogP contribution in [-0.2, 0) is 19.1 Å². The highest BCUT2D eigenvalue weighted by molar-refractivity contribution is 5.77. The number of carbonyl (C=O) groups excluding carboxylic acids is 2. The Kier molecular flexibility index (Phi) is 14.7. The fourth-order valence-electron chi connectivity index (χ4n) is 2.31. The highest BCUT2D eigenvalue weighted by Gasteiger charge is 2.10. The van der Waals surface area contributed by atoms with Gasteiger partial charge in [-0.2, -0.15) is 0 Å². The van der Waals surface area contributed by atoms with Gasteiger partial charge in [0.1, 0.15) is 0 Å². The van der Waals surface area contributed by atoms with Crippen LogP contribution >= 0.6 is 0 Å². The molecule has 0 radical (unpaired) electrons. The topological polar surface area (TPSA) is 93.1 Å². The molecule has 2 N–H and O–H groups in total. The zero-order valence-corrected chi connectivity index (χ0v) is 15.2. The van der Waals surface area contributed by atoms with E-state index in [1.807, 2.05) is 13.8 Å². The maximum atomic E-state index is 11.5. The molecular formula is C18H34O6. The number of hydrogen-bond acceptors (Lipinski definition) is 6. The number of esters is 2. The molecule has 2 atom stereocenters. The molecule has 0 saturated carbocycles. The monoisotopic (exact) mass is 346 g/mol. The van der Waals surface area contributed by atoms with E-state index in [1.165, 1.54) is 0 Å². The molecule has 0 aliphatic heterocycles. The molecule has 0 fully saturated rings. The third kappa shape index (κ3) is 14.5. The van der Waals surface area contributed by atoms with Crippen LogP contribution in [0.3, 0.4) is 0 Å². The van der Waals surface area contributed by atoms with Gasteiger partial charge in [-0.3, -0.25) is 9.59 Å². The molecular weight excluding hydrogens is 312 g/mol. The predicted molar refractivity (Wildman–Crippen MR) is 91.4 cm³/mol. The predicted octanol–water partition coefficient (Wildman–Crippen LogP) is 2.74. The summed E-state index contributed by atoms with van der Waals surface area (Å²) in [7, 11) is 0. The summed E-state index contributed by atoms with van der Waals surface area (Å²) in [6.07, 6.45) is 5.21. The van der Waals surface area contributed by atoms with E-state index in [-0.39, 0.29) is 38.3 Å². The molecule has 6 nitrogen and oxygen atoms in total. The smallest absolute Gasteiger partial charge is 0.306 e. The Labute approximate surface area is 145 Å². The Morgan fingerprint density at radius 2 is 1.12 bits per heavy atom. The lowest BCUT2D eigenvalue weighted by Crippen LogP contribution is -2.13. The van der Waals surface area contributed by atoms with Crippen LogP contribution in [0.2, 0.25) is 0 Å². The Morgan fingerprint density at radius 3 is 1.46 bits per heavy atom. The maximum Gasteiger partial charge on any atom is 0.306 e. The summed E-state index contributed by atoms with van der Waals surface area (Å²) >= 11 is 0. The summed E-state index contributed by atoms with van der Waals surface area (Å²) in [6.45, 7) is 4.55. The van der Waals surface area contributed by atoms with Gasteiger partial charge in [-0.15, -0.1) is 0 Å². The van der Waals surface area contributed by atoms with Crippen LogP contribution in [0.4, 0.5) is 0 Å². The third-order valence-electron chi connectivity index (χ3n) is 3.67. The van der Waals surface area contributed by atoms with Crippen molar-refractivity contribution in [1.29, 1.82) is 0 Å². The van der Waals surface area contributed by atoms with Gasteiger partial charge in [0.15, 0.2) is 0 Å². The van der Waals surface area contributed by atoms with Crippen LogP contribution in [0.1, 0.15) is 78.1 Å². The van der Waals surface area contributed by atoms with Crippen molar-refractivity contribution in [1.82, 2.24) is 0 Å². The summed E-state index contributed by atoms with van der Waals surface area (Å²) in [5.41, 5.74) is 0. The largest absolute Gasteiger partial charge is 0.466 e. The highest BCUT2D eigenvalue weighted by Crippen LogP contribution is 2.06. The molecule has 2 unspecified atom stereocenters. The van der Waals surface area contributed by atoms with Crippen molar-refractivity contribution in [3.05, 3.63) is 0 Å². The standard InChI is InChI=1S/C18H34O6/c1-3-7-15(19)9-5-13-23-17(21)11-12-18(22)24-14-6-10-16(20)8-4-2/h15-16,19-20H,3-14H2,1-2H3. The summed E-state index contributed by atoms with van der Waals surface area (Å²) in [6, 6.07) is 0. The van der Waals surface area contributed by atoms with Crippen LogP contribution in [0.25, 0.3) is 0 Å². The number of aliphatic hydroxyl groups is 2. The first kappa shape index (κ1) is 22.9. The Morgan fingerprint density at radius 1 is 0.750 bits per heavy atom. The quantitative estimate of drug-likeness (QED) is 0.350. The van der Waals surface area contributed by atoms with Crippen LogP contribution in [-0.4, -0.2) is 47.6 Å². The molecule has 142 valence electrons. The minimum absolute atomic E-state index is 0.00874. The number of ether oxygens (including phenoxy) is 2. The van der Waals surface area contributed by atoms with Crippen LogP contribution < -0.4 is 0 Å². The van der Waals surface area contributed by atoms with Gasteiger partial charge in [-0.25, -0.2) is 0 Å². The van der Waals surface area contributed by atoms with Gasteiger partial charge in [-0.05, 0) is 38.5 Å². The summed E-state index contributed by atoms with van der Waals surface area (Å²) in [4.78, 5) is 23.0. The second-order valence-corrected chi connectivity index (χ2v) is 6.11. The van der Waals surface area contributed by atoms with Crippen molar-refractivity contribution in [2.45, 2.75) is 90.3 Å². The second-order valence-electron chi connectivity index (χ2n) is 6.11. The molecule has 24 heavy (non-hydrogen) atoms. The van der Waals surface area contributed by atoms with E-state index in [9.17, 15) is 19.8 Å². The maximum absolute atomic E-state index is 11.5. The highest BCUT2D eigenvalue weighted by atomic mass is 16.5. The SMILES string of the molecule is CCCC(O)CCCOC(=O)CCC(=O)OCCCC(O)CCC. The molecule has 0 aromatic carbocycles. The van der Waals surface area contributed by atoms with Crippen molar-refractivity contribution in [2.24, 2.45) is 0 Å². The fraction of sp³-hybridized carbons (Fsp3) is 0.889. The molecule has 0 spiro atoms. The van der Waals surface area contributed by atoms with E-state index in [4.69, 9.17) is 9.47 Å². The van der Waals surface area contributed by atoms with E-state index >= 15 is 0 Å². The number of aliphatic hydroxyl groups excluding tert-OH is 2. The van der Waals surface area contributed by atoms with Crippen molar-refractivity contribution in [3.8, 4) is 0 Å². The lowest BCUT2D eigenvalue weighted by molar-refractivity contribution is -0.150. The Hall–Kier alpha value is -1.14. The van der Waals surface area contributed by atoms with Crippen molar-refractivity contribution in [3.63, 3.8) is 0 Å². The molecule has 0 bridgehead atoms.